The zero-order valence-corrected chi connectivity index (χ0v) is 12.2. The number of rotatable bonds is 3. The first-order valence-electron chi connectivity index (χ1n) is 6.61. The van der Waals surface area contributed by atoms with E-state index in [-0.39, 0.29) is 4.90 Å². The Labute approximate surface area is 115 Å². The van der Waals surface area contributed by atoms with Gasteiger partial charge in [-0.15, -0.1) is 0 Å². The number of hydrazone groups is 1. The number of benzene rings is 1. The van der Waals surface area contributed by atoms with E-state index in [0.717, 1.165) is 37.0 Å². The summed E-state index contributed by atoms with van der Waals surface area (Å²) >= 11 is 0. The summed E-state index contributed by atoms with van der Waals surface area (Å²) in [6, 6.07) is 6.76. The zero-order chi connectivity index (χ0) is 13.9. The van der Waals surface area contributed by atoms with E-state index in [1.807, 2.05) is 6.92 Å². The molecule has 5 heteroatoms. The first-order chi connectivity index (χ1) is 8.97. The molecule has 0 spiro atoms. The van der Waals surface area contributed by atoms with E-state index in [4.69, 9.17) is 0 Å². The molecule has 0 unspecified atom stereocenters. The molecule has 0 amide bonds. The maximum absolute atomic E-state index is 12.0. The van der Waals surface area contributed by atoms with Gasteiger partial charge in [0.25, 0.3) is 10.0 Å². The topological polar surface area (TPSA) is 58.5 Å². The average Bonchev–Trinajstić information content (AvgIpc) is 2.39. The molecule has 1 fully saturated rings. The average molecular weight is 280 g/mol. The van der Waals surface area contributed by atoms with Gasteiger partial charge in [-0.25, -0.2) is 4.83 Å². The van der Waals surface area contributed by atoms with E-state index in [1.165, 1.54) is 0 Å². The molecule has 2 rings (SSSR count). The van der Waals surface area contributed by atoms with Crippen molar-refractivity contribution >= 4 is 15.7 Å². The molecule has 0 radical (unpaired) electrons. The van der Waals surface area contributed by atoms with Crippen LogP contribution in [-0.2, 0) is 10.0 Å². The minimum Gasteiger partial charge on any atom is -0.200 e. The monoisotopic (exact) mass is 280 g/mol. The van der Waals surface area contributed by atoms with Gasteiger partial charge in [0.15, 0.2) is 0 Å². The van der Waals surface area contributed by atoms with Crippen LogP contribution < -0.4 is 4.83 Å². The normalized spacial score (nSPS) is 20.1. The van der Waals surface area contributed by atoms with Gasteiger partial charge in [0.2, 0.25) is 0 Å². The van der Waals surface area contributed by atoms with Gasteiger partial charge in [-0.3, -0.25) is 0 Å². The van der Waals surface area contributed by atoms with E-state index in [2.05, 4.69) is 16.9 Å². The van der Waals surface area contributed by atoms with Crippen molar-refractivity contribution in [2.24, 2.45) is 11.0 Å². The fourth-order valence-corrected chi connectivity index (χ4v) is 2.95. The van der Waals surface area contributed by atoms with Gasteiger partial charge in [-0.2, -0.15) is 13.5 Å². The van der Waals surface area contributed by atoms with E-state index >= 15 is 0 Å². The summed E-state index contributed by atoms with van der Waals surface area (Å²) in [5.41, 5.74) is 1.99. The Morgan fingerprint density at radius 1 is 1.16 bits per heavy atom. The molecule has 0 heterocycles. The van der Waals surface area contributed by atoms with Gasteiger partial charge < -0.3 is 0 Å². The standard InChI is InChI=1S/C14H20N2O2S/c1-11-3-7-13(8-4-11)15-16-19(17,18)14-9-5-12(2)6-10-14/h5-6,9-11,16H,3-4,7-8H2,1-2H3. The summed E-state index contributed by atoms with van der Waals surface area (Å²) < 4.78 is 24.1. The van der Waals surface area contributed by atoms with E-state index < -0.39 is 10.0 Å². The lowest BCUT2D eigenvalue weighted by atomic mass is 9.90. The van der Waals surface area contributed by atoms with Crippen LogP contribution in [0.25, 0.3) is 0 Å². The lowest BCUT2D eigenvalue weighted by molar-refractivity contribution is 0.482. The predicted molar refractivity (Wildman–Crippen MR) is 76.6 cm³/mol. The van der Waals surface area contributed by atoms with Crippen molar-refractivity contribution in [3.63, 3.8) is 0 Å². The van der Waals surface area contributed by atoms with Gasteiger partial charge in [0.05, 0.1) is 4.90 Å². The second kappa shape index (κ2) is 5.74. The van der Waals surface area contributed by atoms with Crippen LogP contribution >= 0.6 is 0 Å². The number of hydrogen-bond acceptors (Lipinski definition) is 3. The minimum absolute atomic E-state index is 0.256. The number of nitrogens with one attached hydrogen (secondary N) is 1. The molecule has 0 saturated heterocycles. The van der Waals surface area contributed by atoms with Crippen LogP contribution in [-0.4, -0.2) is 14.1 Å². The van der Waals surface area contributed by atoms with Crippen LogP contribution in [0.1, 0.15) is 38.2 Å². The van der Waals surface area contributed by atoms with Crippen LogP contribution in [0.4, 0.5) is 0 Å². The minimum atomic E-state index is -3.53. The summed E-state index contributed by atoms with van der Waals surface area (Å²) in [4.78, 5) is 2.60. The molecule has 104 valence electrons. The highest BCUT2D eigenvalue weighted by Gasteiger charge is 2.16. The molecule has 0 aliphatic heterocycles. The van der Waals surface area contributed by atoms with Crippen LogP contribution in [0.15, 0.2) is 34.3 Å². The summed E-state index contributed by atoms with van der Waals surface area (Å²) in [6.45, 7) is 4.14. The third-order valence-corrected chi connectivity index (χ3v) is 4.73. The highest BCUT2D eigenvalue weighted by atomic mass is 32.2. The largest absolute Gasteiger partial charge is 0.276 e. The molecular weight excluding hydrogens is 260 g/mol. The summed E-state index contributed by atoms with van der Waals surface area (Å²) in [5.74, 6) is 0.715. The molecule has 0 bridgehead atoms. The lowest BCUT2D eigenvalue weighted by Gasteiger charge is -2.18. The summed E-state index contributed by atoms with van der Waals surface area (Å²) in [5, 5.41) is 4.07. The Morgan fingerprint density at radius 3 is 2.32 bits per heavy atom. The van der Waals surface area contributed by atoms with Gasteiger partial charge in [-0.05, 0) is 50.7 Å². The molecule has 0 aromatic heterocycles. The Kier molecular flexibility index (Phi) is 4.24. The number of hydrogen-bond donors (Lipinski definition) is 1. The highest BCUT2D eigenvalue weighted by Crippen LogP contribution is 2.21. The van der Waals surface area contributed by atoms with Crippen molar-refractivity contribution < 1.29 is 8.42 Å². The fraction of sp³-hybridized carbons (Fsp3) is 0.500. The molecule has 1 aromatic rings. The maximum Gasteiger partial charge on any atom is 0.276 e. The van der Waals surface area contributed by atoms with Crippen molar-refractivity contribution in [3.05, 3.63) is 29.8 Å². The molecule has 4 nitrogen and oxygen atoms in total. The Balaban J connectivity index is 2.05. The number of aryl methyl sites for hydroxylation is 1. The van der Waals surface area contributed by atoms with Crippen molar-refractivity contribution in [2.45, 2.75) is 44.4 Å². The fourth-order valence-electron chi connectivity index (χ4n) is 2.10. The molecule has 0 atom stereocenters. The third-order valence-electron chi connectivity index (χ3n) is 3.51. The lowest BCUT2D eigenvalue weighted by Crippen LogP contribution is -2.22. The number of nitrogens with zero attached hydrogens (tertiary/aromatic N) is 1. The Morgan fingerprint density at radius 2 is 1.74 bits per heavy atom. The quantitative estimate of drug-likeness (QED) is 0.865. The predicted octanol–water partition coefficient (Wildman–Crippen LogP) is 2.84. The summed E-state index contributed by atoms with van der Waals surface area (Å²) in [6.07, 6.45) is 3.95. The van der Waals surface area contributed by atoms with Gasteiger partial charge >= 0.3 is 0 Å². The Hall–Kier alpha value is -1.36. The molecule has 1 N–H and O–H groups in total. The highest BCUT2D eigenvalue weighted by molar-refractivity contribution is 7.89. The summed E-state index contributed by atoms with van der Waals surface area (Å²) in [7, 11) is -3.53. The van der Waals surface area contributed by atoms with Crippen LogP contribution in [0.5, 0.6) is 0 Å². The van der Waals surface area contributed by atoms with Crippen molar-refractivity contribution in [3.8, 4) is 0 Å². The first-order valence-corrected chi connectivity index (χ1v) is 8.09. The van der Waals surface area contributed by atoms with Gasteiger partial charge in [-0.1, -0.05) is 24.6 Å². The Bertz CT molecular complexity index is 552. The van der Waals surface area contributed by atoms with E-state index in [0.29, 0.717) is 5.92 Å². The van der Waals surface area contributed by atoms with Gasteiger partial charge in [0, 0.05) is 5.71 Å². The van der Waals surface area contributed by atoms with Crippen molar-refractivity contribution in [1.82, 2.24) is 4.83 Å². The molecular formula is C14H20N2O2S. The van der Waals surface area contributed by atoms with E-state index in [1.54, 1.807) is 24.3 Å². The smallest absolute Gasteiger partial charge is 0.200 e. The van der Waals surface area contributed by atoms with Crippen LogP contribution in [0, 0.1) is 12.8 Å². The molecule has 1 saturated carbocycles. The second-order valence-corrected chi connectivity index (χ2v) is 6.93. The van der Waals surface area contributed by atoms with Crippen LogP contribution in [0.3, 0.4) is 0 Å². The zero-order valence-electron chi connectivity index (χ0n) is 11.4. The second-order valence-electron chi connectivity index (χ2n) is 5.27. The molecule has 1 aliphatic carbocycles. The maximum atomic E-state index is 12.0. The van der Waals surface area contributed by atoms with Crippen molar-refractivity contribution in [1.29, 1.82) is 0 Å². The molecule has 19 heavy (non-hydrogen) atoms. The van der Waals surface area contributed by atoms with Gasteiger partial charge in [0.1, 0.15) is 0 Å². The molecule has 1 aliphatic rings. The number of sulfonamides is 1. The molecule has 1 aromatic carbocycles. The SMILES string of the molecule is Cc1ccc(S(=O)(=O)NN=C2CCC(C)CC2)cc1. The third kappa shape index (κ3) is 3.80. The van der Waals surface area contributed by atoms with E-state index in [9.17, 15) is 8.42 Å². The van der Waals surface area contributed by atoms with Crippen molar-refractivity contribution in [2.75, 3.05) is 0 Å². The first kappa shape index (κ1) is 14.1. The van der Waals surface area contributed by atoms with Crippen LogP contribution in [0.2, 0.25) is 0 Å².